The normalized spacial score (nSPS) is 14.7. The predicted octanol–water partition coefficient (Wildman–Crippen LogP) is 2.02. The van der Waals surface area contributed by atoms with E-state index in [2.05, 4.69) is 0 Å². The summed E-state index contributed by atoms with van der Waals surface area (Å²) in [6.45, 7) is 4.26. The van der Waals surface area contributed by atoms with Crippen molar-refractivity contribution in [2.45, 2.75) is 6.54 Å². The van der Waals surface area contributed by atoms with Crippen LogP contribution in [0.5, 0.6) is 17.2 Å². The minimum Gasteiger partial charge on any atom is -0.497 e. The van der Waals surface area contributed by atoms with Crippen LogP contribution < -0.4 is 19.1 Å². The van der Waals surface area contributed by atoms with Gasteiger partial charge >= 0.3 is 0 Å². The van der Waals surface area contributed by atoms with Gasteiger partial charge < -0.3 is 23.8 Å². The van der Waals surface area contributed by atoms with E-state index < -0.39 is 0 Å². The van der Waals surface area contributed by atoms with E-state index in [-0.39, 0.29) is 5.78 Å². The summed E-state index contributed by atoms with van der Waals surface area (Å²) >= 11 is 0. The van der Waals surface area contributed by atoms with Gasteiger partial charge in [0.2, 0.25) is 0 Å². The summed E-state index contributed by atoms with van der Waals surface area (Å²) in [6, 6.07) is 11.1. The van der Waals surface area contributed by atoms with E-state index in [0.717, 1.165) is 49.7 Å². The van der Waals surface area contributed by atoms with Gasteiger partial charge in [-0.05, 0) is 42.5 Å². The van der Waals surface area contributed by atoms with Crippen molar-refractivity contribution in [2.75, 3.05) is 47.6 Å². The van der Waals surface area contributed by atoms with Gasteiger partial charge in [-0.2, -0.15) is 0 Å². The number of ether oxygens (including phenoxy) is 4. The number of methoxy groups -OCH3 is 3. The minimum absolute atomic E-state index is 0.0660. The van der Waals surface area contributed by atoms with Crippen molar-refractivity contribution < 1.29 is 28.6 Å². The smallest absolute Gasteiger partial charge is 0.185 e. The Hall–Kier alpha value is -2.83. The van der Waals surface area contributed by atoms with Crippen LogP contribution in [0, 0.1) is 0 Å². The fourth-order valence-electron chi connectivity index (χ4n) is 3.39. The average Bonchev–Trinajstić information content (AvgIpc) is 2.78. The van der Waals surface area contributed by atoms with Crippen molar-refractivity contribution in [1.29, 1.82) is 0 Å². The summed E-state index contributed by atoms with van der Waals surface area (Å²) in [5.41, 5.74) is 2.48. The number of carbonyl (C=O) groups is 1. The van der Waals surface area contributed by atoms with Crippen LogP contribution in [0.3, 0.4) is 0 Å². The van der Waals surface area contributed by atoms with Crippen molar-refractivity contribution >= 4 is 11.9 Å². The molecule has 154 valence electrons. The molecule has 0 amide bonds. The summed E-state index contributed by atoms with van der Waals surface area (Å²) in [7, 11) is 4.86. The van der Waals surface area contributed by atoms with E-state index >= 15 is 0 Å². The number of nitrogens with one attached hydrogen (secondary N) is 1. The lowest BCUT2D eigenvalue weighted by atomic mass is 10.0. The van der Waals surface area contributed by atoms with Gasteiger partial charge in [0.05, 0.1) is 34.5 Å². The summed E-state index contributed by atoms with van der Waals surface area (Å²) in [5.74, 6) is 2.10. The molecular weight excluding hydrogens is 370 g/mol. The van der Waals surface area contributed by atoms with Crippen LogP contribution in [-0.2, 0) is 11.3 Å². The number of carbonyl (C=O) groups excluding carboxylic acids is 1. The van der Waals surface area contributed by atoms with Crippen molar-refractivity contribution in [3.63, 3.8) is 0 Å². The maximum Gasteiger partial charge on any atom is 0.185 e. The number of allylic oxidation sites excluding steroid dienone is 1. The van der Waals surface area contributed by atoms with E-state index in [1.165, 1.54) is 4.90 Å². The third kappa shape index (κ3) is 5.37. The highest BCUT2D eigenvalue weighted by atomic mass is 16.5. The summed E-state index contributed by atoms with van der Waals surface area (Å²) in [6.07, 6.45) is 3.33. The second kappa shape index (κ2) is 10.1. The van der Waals surface area contributed by atoms with Crippen LogP contribution in [-0.4, -0.2) is 53.4 Å². The van der Waals surface area contributed by atoms with Crippen molar-refractivity contribution in [3.8, 4) is 17.2 Å². The van der Waals surface area contributed by atoms with Crippen molar-refractivity contribution in [3.05, 3.63) is 59.2 Å². The molecule has 0 bridgehead atoms. The summed E-state index contributed by atoms with van der Waals surface area (Å²) < 4.78 is 21.5. The molecule has 1 N–H and O–H groups in total. The molecule has 0 radical (unpaired) electrons. The largest absolute Gasteiger partial charge is 0.497 e. The minimum atomic E-state index is -0.0660. The Bertz CT molecular complexity index is 872. The average molecular weight is 398 g/mol. The fraction of sp³-hybridized carbons (Fsp3) is 0.348. The van der Waals surface area contributed by atoms with Gasteiger partial charge in [0.15, 0.2) is 5.78 Å². The van der Waals surface area contributed by atoms with E-state index in [9.17, 15) is 4.79 Å². The highest BCUT2D eigenvalue weighted by Crippen LogP contribution is 2.26. The first-order valence-electron chi connectivity index (χ1n) is 9.67. The van der Waals surface area contributed by atoms with Gasteiger partial charge in [-0.25, -0.2) is 0 Å². The Balaban J connectivity index is 1.78. The first-order chi connectivity index (χ1) is 14.1. The molecule has 29 heavy (non-hydrogen) atoms. The Morgan fingerprint density at radius 1 is 1.00 bits per heavy atom. The molecule has 6 nitrogen and oxygen atoms in total. The molecule has 0 unspecified atom stereocenters. The van der Waals surface area contributed by atoms with E-state index in [1.807, 2.05) is 24.3 Å². The molecule has 0 saturated carbocycles. The second-order valence-corrected chi connectivity index (χ2v) is 6.87. The predicted molar refractivity (Wildman–Crippen MR) is 111 cm³/mol. The van der Waals surface area contributed by atoms with Crippen molar-refractivity contribution in [1.82, 2.24) is 0 Å². The molecule has 0 aliphatic carbocycles. The molecular formula is C23H28NO5+. The molecule has 1 heterocycles. The van der Waals surface area contributed by atoms with E-state index in [0.29, 0.717) is 17.1 Å². The highest BCUT2D eigenvalue weighted by Gasteiger charge is 2.18. The topological polar surface area (TPSA) is 58.4 Å². The molecule has 0 spiro atoms. The third-order valence-corrected chi connectivity index (χ3v) is 5.06. The maximum absolute atomic E-state index is 12.8. The number of morpholine rings is 1. The number of hydrogen-bond acceptors (Lipinski definition) is 5. The quantitative estimate of drug-likeness (QED) is 0.545. The number of ketones is 1. The van der Waals surface area contributed by atoms with Gasteiger partial charge in [-0.1, -0.05) is 0 Å². The number of rotatable bonds is 8. The first-order valence-corrected chi connectivity index (χ1v) is 9.67. The van der Waals surface area contributed by atoms with Crippen molar-refractivity contribution in [2.24, 2.45) is 0 Å². The lowest BCUT2D eigenvalue weighted by molar-refractivity contribution is -0.921. The Kier molecular flexibility index (Phi) is 7.27. The first kappa shape index (κ1) is 20.9. The zero-order chi connectivity index (χ0) is 20.6. The van der Waals surface area contributed by atoms with Crippen LogP contribution in [0.25, 0.3) is 6.08 Å². The maximum atomic E-state index is 12.8. The molecule has 0 aromatic heterocycles. The van der Waals surface area contributed by atoms with Gasteiger partial charge in [-0.3, -0.25) is 4.79 Å². The third-order valence-electron chi connectivity index (χ3n) is 5.06. The van der Waals surface area contributed by atoms with Gasteiger partial charge in [0.1, 0.15) is 36.9 Å². The van der Waals surface area contributed by atoms with Crippen LogP contribution in [0.2, 0.25) is 0 Å². The van der Waals surface area contributed by atoms with Gasteiger partial charge in [0, 0.05) is 22.8 Å². The number of hydrogen-bond donors (Lipinski definition) is 1. The van der Waals surface area contributed by atoms with E-state index in [4.69, 9.17) is 18.9 Å². The molecule has 2 aromatic rings. The molecule has 1 saturated heterocycles. The summed E-state index contributed by atoms with van der Waals surface area (Å²) in [5, 5.41) is 0. The van der Waals surface area contributed by atoms with Crippen LogP contribution in [0.1, 0.15) is 21.5 Å². The molecule has 1 aliphatic heterocycles. The zero-order valence-electron chi connectivity index (χ0n) is 17.2. The molecule has 1 fully saturated rings. The monoisotopic (exact) mass is 398 g/mol. The lowest BCUT2D eigenvalue weighted by Crippen LogP contribution is -3.12. The van der Waals surface area contributed by atoms with Crippen LogP contribution in [0.15, 0.2) is 42.5 Å². The number of quaternary nitrogens is 1. The highest BCUT2D eigenvalue weighted by molar-refractivity contribution is 6.07. The Labute approximate surface area is 171 Å². The van der Waals surface area contributed by atoms with E-state index in [1.54, 1.807) is 45.6 Å². The molecule has 3 rings (SSSR count). The zero-order valence-corrected chi connectivity index (χ0v) is 17.2. The number of benzene rings is 2. The second-order valence-electron chi connectivity index (χ2n) is 6.87. The van der Waals surface area contributed by atoms with Gasteiger partial charge in [0.25, 0.3) is 0 Å². The van der Waals surface area contributed by atoms with Gasteiger partial charge in [-0.15, -0.1) is 0 Å². The van der Waals surface area contributed by atoms with Crippen LogP contribution in [0.4, 0.5) is 0 Å². The Morgan fingerprint density at radius 3 is 2.45 bits per heavy atom. The Morgan fingerprint density at radius 2 is 1.76 bits per heavy atom. The molecule has 2 aromatic carbocycles. The van der Waals surface area contributed by atoms with Crippen LogP contribution >= 0.6 is 0 Å². The summed E-state index contributed by atoms with van der Waals surface area (Å²) in [4.78, 5) is 14.2. The fourth-order valence-corrected chi connectivity index (χ4v) is 3.39. The standard InChI is InChI=1S/C23H27NO5/c1-26-20-7-4-17(23(15-20)28-3)5-8-21(25)18-6-9-22(27-2)19(14-18)16-24-10-12-29-13-11-24/h4-9,14-15H,10-13,16H2,1-3H3/p+1/b8-5+. The SMILES string of the molecule is COc1ccc(/C=C/C(=O)c2ccc(OC)c(C[NH+]3CCOCC3)c2)c(OC)c1. The molecule has 6 heteroatoms. The molecule has 0 atom stereocenters. The molecule has 1 aliphatic rings. The lowest BCUT2D eigenvalue weighted by Gasteiger charge is -2.24.